The Morgan fingerprint density at radius 2 is 2.07 bits per heavy atom. The Bertz CT molecular complexity index is 798. The van der Waals surface area contributed by atoms with E-state index in [1.54, 1.807) is 39.8 Å². The SMILES string of the molecule is C[C@H](O)[C@H](O)[C@H]1CNc2nc(/N=C/N(C)C)[nH]c(=O)c2N1C(=O)OC(C)(C)C. The highest BCUT2D eigenvalue weighted by Crippen LogP contribution is 2.30. The maximum Gasteiger partial charge on any atom is 0.415 e. The van der Waals surface area contributed by atoms with Crippen molar-refractivity contribution in [2.24, 2.45) is 4.99 Å². The monoisotopic (exact) mass is 396 g/mol. The first-order valence-corrected chi connectivity index (χ1v) is 8.88. The molecule has 1 aliphatic heterocycles. The van der Waals surface area contributed by atoms with Crippen LogP contribution in [0.25, 0.3) is 0 Å². The lowest BCUT2D eigenvalue weighted by atomic mass is 10.0. The number of aliphatic imine (C=N–C) groups is 1. The number of carbonyl (C=O) groups is 1. The van der Waals surface area contributed by atoms with E-state index in [4.69, 9.17) is 4.74 Å². The number of hydrogen-bond acceptors (Lipinski definition) is 8. The van der Waals surface area contributed by atoms with E-state index in [0.29, 0.717) is 0 Å². The van der Waals surface area contributed by atoms with Gasteiger partial charge in [0.05, 0.1) is 18.5 Å². The molecule has 0 spiro atoms. The van der Waals surface area contributed by atoms with Gasteiger partial charge in [-0.25, -0.2) is 9.79 Å². The van der Waals surface area contributed by atoms with Crippen molar-refractivity contribution >= 4 is 29.9 Å². The van der Waals surface area contributed by atoms with E-state index in [1.165, 1.54) is 13.3 Å². The minimum absolute atomic E-state index is 0.0589. The van der Waals surface area contributed by atoms with Crippen LogP contribution in [0.3, 0.4) is 0 Å². The molecule has 1 aromatic rings. The van der Waals surface area contributed by atoms with E-state index in [9.17, 15) is 19.8 Å². The molecule has 28 heavy (non-hydrogen) atoms. The average Bonchev–Trinajstić information content (AvgIpc) is 2.56. The molecule has 0 saturated heterocycles. The molecule has 1 aromatic heterocycles. The van der Waals surface area contributed by atoms with Gasteiger partial charge in [-0.05, 0) is 27.7 Å². The van der Waals surface area contributed by atoms with E-state index < -0.39 is 35.5 Å². The van der Waals surface area contributed by atoms with Crippen LogP contribution in [0.5, 0.6) is 0 Å². The first kappa shape index (κ1) is 21.6. The second-order valence-corrected chi connectivity index (χ2v) is 7.82. The molecule has 0 aromatic carbocycles. The van der Waals surface area contributed by atoms with Crippen molar-refractivity contribution < 1.29 is 19.7 Å². The van der Waals surface area contributed by atoms with Gasteiger partial charge < -0.3 is 25.2 Å². The molecule has 1 aliphatic rings. The molecule has 1 amide bonds. The van der Waals surface area contributed by atoms with E-state index in [2.05, 4.69) is 20.3 Å². The van der Waals surface area contributed by atoms with Crippen LogP contribution in [0.1, 0.15) is 27.7 Å². The summed E-state index contributed by atoms with van der Waals surface area (Å²) >= 11 is 0. The lowest BCUT2D eigenvalue weighted by Gasteiger charge is -2.39. The van der Waals surface area contributed by atoms with Crippen LogP contribution in [0.2, 0.25) is 0 Å². The number of nitrogens with one attached hydrogen (secondary N) is 2. The van der Waals surface area contributed by atoms with Crippen LogP contribution in [-0.2, 0) is 4.74 Å². The third-order valence-corrected chi connectivity index (χ3v) is 3.82. The summed E-state index contributed by atoms with van der Waals surface area (Å²) in [6.07, 6.45) is -1.79. The number of nitrogens with zero attached hydrogens (tertiary/aromatic N) is 4. The zero-order valence-corrected chi connectivity index (χ0v) is 16.9. The number of amides is 1. The number of rotatable bonds is 4. The maximum atomic E-state index is 12.8. The van der Waals surface area contributed by atoms with Gasteiger partial charge >= 0.3 is 6.09 Å². The molecule has 156 valence electrons. The molecule has 0 unspecified atom stereocenters. The Balaban J connectivity index is 2.53. The number of fused-ring (bicyclic) bond motifs is 1. The first-order chi connectivity index (χ1) is 12.9. The molecular formula is C17H28N6O5. The maximum absolute atomic E-state index is 12.8. The quantitative estimate of drug-likeness (QED) is 0.419. The molecule has 0 radical (unpaired) electrons. The van der Waals surface area contributed by atoms with Crippen molar-refractivity contribution in [3.8, 4) is 0 Å². The van der Waals surface area contributed by atoms with Gasteiger partial charge in [-0.3, -0.25) is 14.7 Å². The van der Waals surface area contributed by atoms with Crippen molar-refractivity contribution in [1.82, 2.24) is 14.9 Å². The zero-order chi connectivity index (χ0) is 21.2. The van der Waals surface area contributed by atoms with Crippen molar-refractivity contribution in [3.63, 3.8) is 0 Å². The minimum Gasteiger partial charge on any atom is -0.443 e. The number of hydrogen-bond donors (Lipinski definition) is 4. The third kappa shape index (κ3) is 4.98. The fourth-order valence-corrected chi connectivity index (χ4v) is 2.62. The van der Waals surface area contributed by atoms with E-state index in [0.717, 1.165) is 4.90 Å². The largest absolute Gasteiger partial charge is 0.443 e. The van der Waals surface area contributed by atoms with Gasteiger partial charge in [-0.15, -0.1) is 0 Å². The predicted octanol–water partition coefficient (Wildman–Crippen LogP) is 0.269. The Labute approximate surface area is 163 Å². The summed E-state index contributed by atoms with van der Waals surface area (Å²) in [7, 11) is 3.54. The van der Waals surface area contributed by atoms with Crippen molar-refractivity contribution in [3.05, 3.63) is 10.4 Å². The number of aliphatic hydroxyl groups excluding tert-OH is 2. The third-order valence-electron chi connectivity index (χ3n) is 3.82. The minimum atomic E-state index is -1.31. The highest BCUT2D eigenvalue weighted by atomic mass is 16.6. The second kappa shape index (κ2) is 8.15. The molecule has 0 aliphatic carbocycles. The van der Waals surface area contributed by atoms with Gasteiger partial charge in [0.1, 0.15) is 11.7 Å². The summed E-state index contributed by atoms with van der Waals surface area (Å²) in [5.74, 6) is 0.193. The van der Waals surface area contributed by atoms with E-state index in [1.807, 2.05) is 0 Å². The number of aliphatic hydroxyl groups is 2. The first-order valence-electron chi connectivity index (χ1n) is 8.88. The molecule has 0 bridgehead atoms. The molecule has 2 heterocycles. The summed E-state index contributed by atoms with van der Waals surface area (Å²) in [6.45, 7) is 6.53. The number of carbonyl (C=O) groups excluding carboxylic acids is 1. The molecular weight excluding hydrogens is 368 g/mol. The predicted molar refractivity (Wildman–Crippen MR) is 105 cm³/mol. The van der Waals surface area contributed by atoms with Gasteiger partial charge in [0.2, 0.25) is 5.95 Å². The number of aromatic amines is 1. The number of aromatic nitrogens is 2. The smallest absolute Gasteiger partial charge is 0.415 e. The lowest BCUT2D eigenvalue weighted by Crippen LogP contribution is -2.58. The van der Waals surface area contributed by atoms with Crippen LogP contribution in [0, 0.1) is 0 Å². The number of anilines is 2. The van der Waals surface area contributed by atoms with E-state index in [-0.39, 0.29) is 24.0 Å². The van der Waals surface area contributed by atoms with Gasteiger partial charge in [0, 0.05) is 20.6 Å². The topological polar surface area (TPSA) is 143 Å². The average molecular weight is 396 g/mol. The normalized spacial score (nSPS) is 19.0. The van der Waals surface area contributed by atoms with Crippen molar-refractivity contribution in [2.75, 3.05) is 30.9 Å². The van der Waals surface area contributed by atoms with Crippen LogP contribution >= 0.6 is 0 Å². The Morgan fingerprint density at radius 3 is 2.61 bits per heavy atom. The second-order valence-electron chi connectivity index (χ2n) is 7.82. The highest BCUT2D eigenvalue weighted by Gasteiger charge is 2.41. The fraction of sp³-hybridized carbons (Fsp3) is 0.647. The standard InChI is InChI=1S/C17H28N6O5/c1-9(24)12(25)10-7-18-13-11(23(10)16(27)28-17(2,3)4)14(26)21-15(20-13)19-8-22(5)6/h8-10,12,24-25H,7H2,1-6H3,(H2,18,20,21,26)/b19-8+/t9-,10+,12-/m0/s1. The van der Waals surface area contributed by atoms with Crippen LogP contribution < -0.4 is 15.8 Å². The molecule has 4 N–H and O–H groups in total. The van der Waals surface area contributed by atoms with Crippen molar-refractivity contribution in [1.29, 1.82) is 0 Å². The highest BCUT2D eigenvalue weighted by molar-refractivity contribution is 5.93. The van der Waals surface area contributed by atoms with Crippen LogP contribution in [0.15, 0.2) is 9.79 Å². The molecule has 2 rings (SSSR count). The van der Waals surface area contributed by atoms with Gasteiger partial charge in [-0.1, -0.05) is 0 Å². The molecule has 3 atom stereocenters. The molecule has 11 nitrogen and oxygen atoms in total. The van der Waals surface area contributed by atoms with Crippen molar-refractivity contribution in [2.45, 2.75) is 51.5 Å². The fourth-order valence-electron chi connectivity index (χ4n) is 2.62. The van der Waals surface area contributed by atoms with E-state index >= 15 is 0 Å². The summed E-state index contributed by atoms with van der Waals surface area (Å²) in [6, 6.07) is -0.929. The Hall–Kier alpha value is -2.66. The van der Waals surface area contributed by atoms with Crippen LogP contribution in [0.4, 0.5) is 22.2 Å². The molecule has 0 saturated carbocycles. The van der Waals surface area contributed by atoms with Gasteiger partial charge in [0.25, 0.3) is 5.56 Å². The Kier molecular flexibility index (Phi) is 6.30. The summed E-state index contributed by atoms with van der Waals surface area (Å²) in [5.41, 5.74) is -1.55. The molecule has 0 fully saturated rings. The van der Waals surface area contributed by atoms with Gasteiger partial charge in [0.15, 0.2) is 11.5 Å². The molecule has 11 heteroatoms. The lowest BCUT2D eigenvalue weighted by molar-refractivity contribution is 0.00978. The summed E-state index contributed by atoms with van der Waals surface area (Å²) in [5, 5.41) is 23.1. The van der Waals surface area contributed by atoms with Crippen LogP contribution in [-0.4, -0.2) is 82.0 Å². The zero-order valence-electron chi connectivity index (χ0n) is 16.9. The summed E-state index contributed by atoms with van der Waals surface area (Å²) in [4.78, 5) is 39.1. The summed E-state index contributed by atoms with van der Waals surface area (Å²) < 4.78 is 5.41. The number of H-pyrrole nitrogens is 1. The Morgan fingerprint density at radius 1 is 1.43 bits per heavy atom. The van der Waals surface area contributed by atoms with Gasteiger partial charge in [-0.2, -0.15) is 4.98 Å². The number of ether oxygens (including phenoxy) is 1.